The van der Waals surface area contributed by atoms with Gasteiger partial charge in [-0.2, -0.15) is 5.26 Å². The standard InChI is InChI=1S/C17H27N3OSSi/c1-22-17-19-12-16(15-8-6-5-7-14(15)11-18)20(17)13-21-9-10-23(2,3)4/h5-6,12,14-15H,7-10,13H2,1-4H3/t14-,15+/m1/s1. The number of thioether (sulfide) groups is 1. The van der Waals surface area contributed by atoms with E-state index in [1.165, 1.54) is 6.04 Å². The Morgan fingerprint density at radius 1 is 1.39 bits per heavy atom. The lowest BCUT2D eigenvalue weighted by Gasteiger charge is -2.25. The zero-order valence-corrected chi connectivity index (χ0v) is 16.4. The van der Waals surface area contributed by atoms with Crippen LogP contribution in [0.5, 0.6) is 0 Å². The molecule has 0 spiro atoms. The van der Waals surface area contributed by atoms with Gasteiger partial charge in [0.25, 0.3) is 0 Å². The van der Waals surface area contributed by atoms with Gasteiger partial charge in [0.05, 0.1) is 12.0 Å². The maximum atomic E-state index is 9.44. The molecule has 23 heavy (non-hydrogen) atoms. The van der Waals surface area contributed by atoms with Gasteiger partial charge in [0.1, 0.15) is 6.73 Å². The van der Waals surface area contributed by atoms with Crippen molar-refractivity contribution in [2.75, 3.05) is 12.9 Å². The molecule has 1 aromatic heterocycles. The van der Waals surface area contributed by atoms with Crippen LogP contribution in [-0.4, -0.2) is 30.5 Å². The number of hydrogen-bond donors (Lipinski definition) is 0. The number of nitriles is 1. The van der Waals surface area contributed by atoms with Crippen LogP contribution in [-0.2, 0) is 11.5 Å². The fourth-order valence-corrected chi connectivity index (χ4v) is 4.07. The third-order valence-corrected chi connectivity index (χ3v) is 6.62. The predicted octanol–water partition coefficient (Wildman–Crippen LogP) is 4.49. The smallest absolute Gasteiger partial charge is 0.169 e. The molecule has 0 saturated carbocycles. The number of hydrogen-bond acceptors (Lipinski definition) is 4. The normalized spacial score (nSPS) is 21.3. The Kier molecular flexibility index (Phi) is 6.51. The van der Waals surface area contributed by atoms with Gasteiger partial charge < -0.3 is 4.74 Å². The van der Waals surface area contributed by atoms with Crippen molar-refractivity contribution in [2.24, 2.45) is 5.92 Å². The van der Waals surface area contributed by atoms with Gasteiger partial charge in [-0.15, -0.1) is 0 Å². The number of imidazole rings is 1. The Labute approximate surface area is 144 Å². The molecule has 0 saturated heterocycles. The first-order valence-electron chi connectivity index (χ1n) is 8.18. The topological polar surface area (TPSA) is 50.8 Å². The Balaban J connectivity index is 2.10. The van der Waals surface area contributed by atoms with E-state index in [9.17, 15) is 5.26 Å². The van der Waals surface area contributed by atoms with Gasteiger partial charge in [0.2, 0.25) is 0 Å². The first kappa shape index (κ1) is 18.3. The molecule has 4 nitrogen and oxygen atoms in total. The maximum absolute atomic E-state index is 9.44. The third-order valence-electron chi connectivity index (χ3n) is 4.23. The lowest BCUT2D eigenvalue weighted by atomic mass is 9.82. The maximum Gasteiger partial charge on any atom is 0.169 e. The second-order valence-electron chi connectivity index (χ2n) is 7.23. The number of allylic oxidation sites excluding steroid dienone is 2. The van der Waals surface area contributed by atoms with Gasteiger partial charge in [0.15, 0.2) is 5.16 Å². The number of nitrogens with zero attached hydrogens (tertiary/aromatic N) is 3. The van der Waals surface area contributed by atoms with Crippen LogP contribution in [0.4, 0.5) is 0 Å². The van der Waals surface area contributed by atoms with Crippen LogP contribution in [0.15, 0.2) is 23.5 Å². The predicted molar refractivity (Wildman–Crippen MR) is 98.3 cm³/mol. The van der Waals surface area contributed by atoms with E-state index < -0.39 is 8.07 Å². The molecule has 0 fully saturated rings. The fourth-order valence-electron chi connectivity index (χ4n) is 2.78. The minimum absolute atomic E-state index is 0.0344. The summed E-state index contributed by atoms with van der Waals surface area (Å²) in [5, 5.41) is 10.4. The SMILES string of the molecule is CSc1ncc([C@H]2CC=CC[C@@H]2C#N)n1COCC[Si](C)(C)C. The van der Waals surface area contributed by atoms with Crippen LogP contribution in [0, 0.1) is 17.2 Å². The summed E-state index contributed by atoms with van der Waals surface area (Å²) >= 11 is 1.63. The lowest BCUT2D eigenvalue weighted by molar-refractivity contribution is 0.0781. The molecule has 2 rings (SSSR count). The van der Waals surface area contributed by atoms with Crippen LogP contribution in [0.25, 0.3) is 0 Å². The highest BCUT2D eigenvalue weighted by molar-refractivity contribution is 7.98. The van der Waals surface area contributed by atoms with Gasteiger partial charge >= 0.3 is 0 Å². The second kappa shape index (κ2) is 8.18. The molecule has 0 bridgehead atoms. The first-order chi connectivity index (χ1) is 11.0. The van der Waals surface area contributed by atoms with Crippen molar-refractivity contribution in [3.8, 4) is 6.07 Å². The van der Waals surface area contributed by atoms with Crippen molar-refractivity contribution in [2.45, 2.75) is 56.3 Å². The molecule has 1 aliphatic rings. The summed E-state index contributed by atoms with van der Waals surface area (Å²) in [5.41, 5.74) is 1.14. The van der Waals surface area contributed by atoms with Crippen LogP contribution < -0.4 is 0 Å². The van der Waals surface area contributed by atoms with Crippen molar-refractivity contribution in [1.82, 2.24) is 9.55 Å². The molecule has 0 aliphatic heterocycles. The molecular formula is C17H27N3OSSi. The highest BCUT2D eigenvalue weighted by Crippen LogP contribution is 2.35. The molecule has 126 valence electrons. The van der Waals surface area contributed by atoms with E-state index in [4.69, 9.17) is 4.74 Å². The molecule has 0 unspecified atom stereocenters. The molecule has 1 heterocycles. The summed E-state index contributed by atoms with van der Waals surface area (Å²) < 4.78 is 8.10. The minimum atomic E-state index is -1.07. The van der Waals surface area contributed by atoms with Crippen molar-refractivity contribution in [3.63, 3.8) is 0 Å². The molecule has 0 aromatic carbocycles. The number of rotatable bonds is 7. The molecule has 0 amide bonds. The minimum Gasteiger partial charge on any atom is -0.361 e. The molecule has 0 radical (unpaired) electrons. The Morgan fingerprint density at radius 2 is 2.13 bits per heavy atom. The summed E-state index contributed by atoms with van der Waals surface area (Å²) in [6, 6.07) is 3.63. The van der Waals surface area contributed by atoms with Crippen molar-refractivity contribution < 1.29 is 4.74 Å². The van der Waals surface area contributed by atoms with Crippen molar-refractivity contribution in [1.29, 1.82) is 5.26 Å². The molecule has 0 N–H and O–H groups in total. The van der Waals surface area contributed by atoms with Crippen LogP contribution >= 0.6 is 11.8 Å². The summed E-state index contributed by atoms with van der Waals surface area (Å²) in [6.07, 6.45) is 10.0. The van der Waals surface area contributed by atoms with Gasteiger partial charge in [-0.25, -0.2) is 4.98 Å². The number of ether oxygens (including phenoxy) is 1. The Hall–Kier alpha value is -1.03. The Morgan fingerprint density at radius 3 is 2.78 bits per heavy atom. The quantitative estimate of drug-likeness (QED) is 0.315. The monoisotopic (exact) mass is 349 g/mol. The first-order valence-corrected chi connectivity index (χ1v) is 13.1. The molecular weight excluding hydrogens is 322 g/mol. The molecule has 2 atom stereocenters. The van der Waals surface area contributed by atoms with E-state index in [0.29, 0.717) is 6.73 Å². The lowest BCUT2D eigenvalue weighted by Crippen LogP contribution is -2.23. The molecule has 6 heteroatoms. The van der Waals surface area contributed by atoms with Gasteiger partial charge in [-0.3, -0.25) is 4.57 Å². The zero-order chi connectivity index (χ0) is 16.9. The summed E-state index contributed by atoms with van der Waals surface area (Å²) in [7, 11) is -1.07. The van der Waals surface area contributed by atoms with Crippen molar-refractivity contribution in [3.05, 3.63) is 24.0 Å². The Bertz CT molecular complexity index is 586. The van der Waals surface area contributed by atoms with E-state index >= 15 is 0 Å². The average Bonchev–Trinajstić information content (AvgIpc) is 2.93. The van der Waals surface area contributed by atoms with Crippen molar-refractivity contribution >= 4 is 19.8 Å². The average molecular weight is 350 g/mol. The van der Waals surface area contributed by atoms with Gasteiger partial charge in [-0.05, 0) is 25.1 Å². The number of aromatic nitrogens is 2. The van der Waals surface area contributed by atoms with E-state index in [2.05, 4.69) is 47.4 Å². The van der Waals surface area contributed by atoms with Crippen LogP contribution in [0.1, 0.15) is 24.5 Å². The highest BCUT2D eigenvalue weighted by Gasteiger charge is 2.28. The summed E-state index contributed by atoms with van der Waals surface area (Å²) in [5.74, 6) is 0.256. The third kappa shape index (κ3) is 4.97. The van der Waals surface area contributed by atoms with E-state index in [1.807, 2.05) is 12.5 Å². The molecule has 1 aliphatic carbocycles. The van der Waals surface area contributed by atoms with E-state index in [1.54, 1.807) is 11.8 Å². The molecule has 1 aromatic rings. The summed E-state index contributed by atoms with van der Waals surface area (Å²) in [6.45, 7) is 8.41. The second-order valence-corrected chi connectivity index (χ2v) is 13.6. The van der Waals surface area contributed by atoms with Crippen LogP contribution in [0.2, 0.25) is 25.7 Å². The van der Waals surface area contributed by atoms with E-state index in [-0.39, 0.29) is 11.8 Å². The largest absolute Gasteiger partial charge is 0.361 e. The summed E-state index contributed by atoms with van der Waals surface area (Å²) in [4.78, 5) is 4.53. The van der Waals surface area contributed by atoms with Gasteiger partial charge in [0, 0.05) is 32.5 Å². The highest BCUT2D eigenvalue weighted by atomic mass is 32.2. The zero-order valence-electron chi connectivity index (χ0n) is 14.6. The van der Waals surface area contributed by atoms with E-state index in [0.717, 1.165) is 30.3 Å². The van der Waals surface area contributed by atoms with Gasteiger partial charge in [-0.1, -0.05) is 43.6 Å². The fraction of sp³-hybridized carbons (Fsp3) is 0.647. The van der Waals surface area contributed by atoms with Crippen LogP contribution in [0.3, 0.4) is 0 Å².